The Morgan fingerprint density at radius 1 is 0.831 bits per heavy atom. The number of carbonyl (C=O) groups excluding carboxylic acids is 5. The average molecular weight is 899 g/mol. The van der Waals surface area contributed by atoms with Crippen LogP contribution in [-0.2, 0) is 14.3 Å². The van der Waals surface area contributed by atoms with E-state index in [1.54, 1.807) is 84.8 Å². The lowest BCUT2D eigenvalue weighted by molar-refractivity contribution is -0.132. The zero-order chi connectivity index (χ0) is 47.6. The lowest BCUT2D eigenvalue weighted by Gasteiger charge is -2.32. The molecule has 1 fully saturated rings. The van der Waals surface area contributed by atoms with Crippen molar-refractivity contribution in [2.45, 2.75) is 85.4 Å². The molecule has 1 saturated heterocycles. The summed E-state index contributed by atoms with van der Waals surface area (Å²) in [4.78, 5) is 78.7. The third-order valence-corrected chi connectivity index (χ3v) is 10.6. The van der Waals surface area contributed by atoms with Crippen molar-refractivity contribution in [2.75, 3.05) is 89.2 Å². The topological polar surface area (TPSA) is 177 Å². The number of imidazole rings is 1. The van der Waals surface area contributed by atoms with E-state index in [0.717, 1.165) is 51.0 Å². The molecule has 0 saturated carbocycles. The molecule has 0 unspecified atom stereocenters. The van der Waals surface area contributed by atoms with E-state index in [1.807, 2.05) is 30.0 Å². The van der Waals surface area contributed by atoms with E-state index >= 15 is 0 Å². The maximum absolute atomic E-state index is 14.0. The fourth-order valence-corrected chi connectivity index (χ4v) is 7.14. The summed E-state index contributed by atoms with van der Waals surface area (Å²) >= 11 is 0. The number of likely N-dealkylation sites (N-methyl/N-ethyl adjacent to an activating group) is 2. The van der Waals surface area contributed by atoms with Crippen LogP contribution in [0.15, 0.2) is 54.6 Å². The lowest BCUT2D eigenvalue weighted by atomic mass is 10.1. The summed E-state index contributed by atoms with van der Waals surface area (Å²) in [5.74, 6) is 0.267. The van der Waals surface area contributed by atoms with Crippen molar-refractivity contribution in [3.05, 3.63) is 71.3 Å². The van der Waals surface area contributed by atoms with E-state index in [1.165, 1.54) is 28.7 Å². The first-order valence-electron chi connectivity index (χ1n) is 22.1. The van der Waals surface area contributed by atoms with Crippen molar-refractivity contribution >= 4 is 58.3 Å². The van der Waals surface area contributed by atoms with Gasteiger partial charge in [0.25, 0.3) is 11.8 Å². The lowest BCUT2D eigenvalue weighted by Crippen LogP contribution is -2.47. The van der Waals surface area contributed by atoms with Crippen molar-refractivity contribution in [3.8, 4) is 11.5 Å². The summed E-state index contributed by atoms with van der Waals surface area (Å²) in [5.41, 5.74) is 1.51. The number of aryl methyl sites for hydroxylation is 1. The van der Waals surface area contributed by atoms with Gasteiger partial charge >= 0.3 is 12.2 Å². The fourth-order valence-electron chi connectivity index (χ4n) is 7.14. The average Bonchev–Trinajstić information content (AvgIpc) is 3.64. The van der Waals surface area contributed by atoms with Crippen LogP contribution in [0.4, 0.5) is 26.9 Å². The summed E-state index contributed by atoms with van der Waals surface area (Å²) in [6, 6.07) is 15.3. The number of piperazine rings is 1. The van der Waals surface area contributed by atoms with Crippen LogP contribution in [0.3, 0.4) is 0 Å². The number of fused-ring (bicyclic) bond motifs is 1. The number of hydrogen-bond acceptors (Lipinski definition) is 12. The van der Waals surface area contributed by atoms with E-state index in [9.17, 15) is 24.0 Å². The van der Waals surface area contributed by atoms with Crippen LogP contribution in [0, 0.1) is 6.92 Å². The van der Waals surface area contributed by atoms with E-state index in [2.05, 4.69) is 22.6 Å². The molecule has 3 aromatic carbocycles. The molecule has 4 amide bonds. The Balaban J connectivity index is 1.28. The largest absolute Gasteiger partial charge is 0.496 e. The quantitative estimate of drug-likeness (QED) is 0.107. The van der Waals surface area contributed by atoms with Gasteiger partial charge < -0.3 is 49.2 Å². The molecule has 1 aliphatic heterocycles. The Morgan fingerprint density at radius 3 is 2.22 bits per heavy atom. The van der Waals surface area contributed by atoms with Gasteiger partial charge in [0.2, 0.25) is 11.9 Å². The van der Waals surface area contributed by atoms with Crippen LogP contribution in [0.2, 0.25) is 0 Å². The number of anilines is 3. The van der Waals surface area contributed by atoms with E-state index in [-0.39, 0.29) is 47.7 Å². The number of unbranched alkanes of at least 4 members (excludes halogenated alkanes) is 2. The summed E-state index contributed by atoms with van der Waals surface area (Å²) in [6.07, 6.45) is 1.66. The number of nitrogens with zero attached hydrogens (tertiary/aromatic N) is 6. The zero-order valence-electron chi connectivity index (χ0n) is 39.8. The molecule has 4 aromatic rings. The number of rotatable bonds is 16. The highest BCUT2D eigenvalue weighted by Crippen LogP contribution is 2.33. The van der Waals surface area contributed by atoms with Crippen LogP contribution < -0.4 is 29.9 Å². The second-order valence-corrected chi connectivity index (χ2v) is 18.3. The molecule has 65 heavy (non-hydrogen) atoms. The number of carbonyl (C=O) groups is 5. The number of methoxy groups -OCH3 is 1. The predicted molar refractivity (Wildman–Crippen MR) is 252 cm³/mol. The SMILES string of the molecule is COc1cc(C(=O)N(C)c2ccc(C)cc2OCCCCCC(=O)N2CCN(C)CC2)ccc1C(=O)Nc1cccc2c1nc(N(C)CCNC(=O)OC(C)(C)C)n2C(=O)OC(C)(C)C. The first-order chi connectivity index (χ1) is 30.6. The van der Waals surface area contributed by atoms with Crippen molar-refractivity contribution in [3.63, 3.8) is 0 Å². The molecule has 2 N–H and O–H groups in total. The van der Waals surface area contributed by atoms with Crippen LogP contribution in [0.25, 0.3) is 11.0 Å². The fraction of sp³-hybridized carbons (Fsp3) is 0.500. The zero-order valence-corrected chi connectivity index (χ0v) is 39.8. The minimum Gasteiger partial charge on any atom is -0.496 e. The molecule has 0 aliphatic carbocycles. The number of hydrogen-bond donors (Lipinski definition) is 2. The highest BCUT2D eigenvalue weighted by atomic mass is 16.6. The molecule has 352 valence electrons. The second kappa shape index (κ2) is 21.5. The van der Waals surface area contributed by atoms with E-state index in [4.69, 9.17) is 23.9 Å². The summed E-state index contributed by atoms with van der Waals surface area (Å²) in [7, 11) is 6.87. The molecule has 0 bridgehead atoms. The van der Waals surface area contributed by atoms with Crippen LogP contribution >= 0.6 is 0 Å². The molecule has 1 aromatic heterocycles. The third kappa shape index (κ3) is 13.6. The first-order valence-corrected chi connectivity index (χ1v) is 22.1. The van der Waals surface area contributed by atoms with Crippen molar-refractivity contribution in [1.82, 2.24) is 24.7 Å². The standard InChI is InChI=1S/C48H66N8O9/c1-32-19-22-36(39(30-32)63-29-14-12-13-18-40(57)55-27-25-52(8)26-28-55)54(10)43(59)33-20-21-34(38(31-33)62-11)42(58)50-35-16-15-17-37-41(35)51-44(56(37)46(61)65-48(5,6)7)53(9)24-23-49-45(60)64-47(2,3)4/h15-17,19-22,30-31H,12-14,18,23-29H2,1-11H3,(H,49,60)(H,50,58). The molecule has 2 heterocycles. The van der Waals surface area contributed by atoms with Crippen molar-refractivity contribution in [1.29, 1.82) is 0 Å². The van der Waals surface area contributed by atoms with Gasteiger partial charge in [0.05, 0.1) is 36.2 Å². The molecular formula is C48H66N8O9. The van der Waals surface area contributed by atoms with Gasteiger partial charge in [0.15, 0.2) is 0 Å². The molecule has 0 radical (unpaired) electrons. The number of amides is 4. The van der Waals surface area contributed by atoms with Gasteiger partial charge in [-0.05, 0) is 123 Å². The summed E-state index contributed by atoms with van der Waals surface area (Å²) in [6.45, 7) is 16.8. The second-order valence-electron chi connectivity index (χ2n) is 18.3. The molecule has 0 spiro atoms. The molecule has 5 rings (SSSR count). The van der Waals surface area contributed by atoms with Crippen LogP contribution in [-0.4, -0.2) is 135 Å². The molecule has 0 atom stereocenters. The minimum absolute atomic E-state index is 0.158. The number of para-hydroxylation sites is 1. The van der Waals surface area contributed by atoms with Gasteiger partial charge in [-0.3, -0.25) is 14.4 Å². The van der Waals surface area contributed by atoms with E-state index in [0.29, 0.717) is 41.2 Å². The van der Waals surface area contributed by atoms with Gasteiger partial charge in [-0.1, -0.05) is 12.1 Å². The van der Waals surface area contributed by atoms with Gasteiger partial charge in [0.1, 0.15) is 28.2 Å². The monoisotopic (exact) mass is 898 g/mol. The highest BCUT2D eigenvalue weighted by Gasteiger charge is 2.28. The van der Waals surface area contributed by atoms with Crippen molar-refractivity contribution in [2.24, 2.45) is 0 Å². The minimum atomic E-state index is -0.822. The summed E-state index contributed by atoms with van der Waals surface area (Å²) < 4.78 is 24.3. The molecule has 17 heteroatoms. The molecular weight excluding hydrogens is 833 g/mol. The maximum Gasteiger partial charge on any atom is 0.421 e. The van der Waals surface area contributed by atoms with Crippen LogP contribution in [0.1, 0.15) is 93.5 Å². The van der Waals surface area contributed by atoms with Gasteiger partial charge in [-0.15, -0.1) is 0 Å². The Kier molecular flexibility index (Phi) is 16.5. The molecule has 17 nitrogen and oxygen atoms in total. The normalized spacial score (nSPS) is 13.2. The Morgan fingerprint density at radius 2 is 1.54 bits per heavy atom. The van der Waals surface area contributed by atoms with Gasteiger partial charge in [-0.25, -0.2) is 19.1 Å². The number of aromatic nitrogens is 2. The Labute approximate surface area is 382 Å². The third-order valence-electron chi connectivity index (χ3n) is 10.6. The van der Waals surface area contributed by atoms with Gasteiger partial charge in [0, 0.05) is 65.3 Å². The summed E-state index contributed by atoms with van der Waals surface area (Å²) in [5, 5.41) is 5.63. The van der Waals surface area contributed by atoms with Crippen molar-refractivity contribution < 1.29 is 42.9 Å². The predicted octanol–water partition coefficient (Wildman–Crippen LogP) is 7.34. The highest BCUT2D eigenvalue weighted by molar-refractivity contribution is 6.12. The number of ether oxygens (including phenoxy) is 4. The number of nitrogens with one attached hydrogen (secondary N) is 2. The Hall–Kier alpha value is -6.36. The smallest absolute Gasteiger partial charge is 0.421 e. The number of alkyl carbamates (subject to hydrolysis) is 1. The van der Waals surface area contributed by atoms with E-state index < -0.39 is 29.3 Å². The maximum atomic E-state index is 14.0. The van der Waals surface area contributed by atoms with Crippen LogP contribution in [0.5, 0.6) is 11.5 Å². The Bertz CT molecular complexity index is 2340. The van der Waals surface area contributed by atoms with Gasteiger partial charge in [-0.2, -0.15) is 0 Å². The number of benzene rings is 3. The first kappa shape index (κ1) is 49.7. The molecule has 1 aliphatic rings.